The molecule has 100 heavy (non-hydrogen) atoms. The molecule has 594 valence electrons. The van der Waals surface area contributed by atoms with Crippen molar-refractivity contribution in [3.63, 3.8) is 0 Å². The number of unbranched alkanes of at least 4 members (excludes halogenated alkanes) is 46. The zero-order valence-electron chi connectivity index (χ0n) is 65.7. The fourth-order valence-electron chi connectivity index (χ4n) is 12.5. The standard InChI is InChI=1S/C81H158O17P2/c1-8-10-11-12-13-14-15-20-26-34-41-48-55-62-78(83)91-69-77(98-81(86)65-58-51-44-37-30-29-33-40-47-54-61-74(7)9-2)71-96-100(89,90)94-67-75(82)66-93-99(87,88)95-70-76(68-92-79(84)63-56-49-42-35-28-23-25-32-39-46-53-60-73(5)6)97-80(85)64-57-50-43-36-27-22-19-17-16-18-21-24-31-38-45-52-59-72(3)4/h72-77,82H,8-71H2,1-7H3,(H,87,88)(H,89,90)/t74?,75-,76-,77-/m1/s1. The molecule has 0 fully saturated rings. The fraction of sp³-hybridized carbons (Fsp3) is 0.951. The van der Waals surface area contributed by atoms with E-state index in [9.17, 15) is 43.2 Å². The molecule has 0 rings (SSSR count). The van der Waals surface area contributed by atoms with Gasteiger partial charge in [0.1, 0.15) is 19.3 Å². The Bertz CT molecular complexity index is 1940. The molecule has 0 amide bonds. The lowest BCUT2D eigenvalue weighted by Crippen LogP contribution is -2.30. The van der Waals surface area contributed by atoms with E-state index in [1.165, 1.54) is 231 Å². The molecule has 19 heteroatoms. The Morgan fingerprint density at radius 2 is 0.510 bits per heavy atom. The molecule has 17 nitrogen and oxygen atoms in total. The van der Waals surface area contributed by atoms with E-state index in [0.29, 0.717) is 25.7 Å². The third-order valence-corrected chi connectivity index (χ3v) is 21.1. The van der Waals surface area contributed by atoms with Crippen molar-refractivity contribution in [2.45, 2.75) is 439 Å². The van der Waals surface area contributed by atoms with Gasteiger partial charge in [0, 0.05) is 25.7 Å². The fourth-order valence-corrected chi connectivity index (χ4v) is 14.0. The second kappa shape index (κ2) is 71.3. The Morgan fingerprint density at radius 3 is 0.760 bits per heavy atom. The van der Waals surface area contributed by atoms with Gasteiger partial charge < -0.3 is 33.8 Å². The third-order valence-electron chi connectivity index (χ3n) is 19.2. The van der Waals surface area contributed by atoms with Crippen LogP contribution in [0.5, 0.6) is 0 Å². The van der Waals surface area contributed by atoms with Crippen molar-refractivity contribution in [1.29, 1.82) is 0 Å². The molecule has 0 saturated carbocycles. The molecule has 0 spiro atoms. The summed E-state index contributed by atoms with van der Waals surface area (Å²) in [7, 11) is -9.92. The number of hydrogen-bond donors (Lipinski definition) is 3. The lowest BCUT2D eigenvalue weighted by molar-refractivity contribution is -0.161. The van der Waals surface area contributed by atoms with Gasteiger partial charge in [-0.25, -0.2) is 9.13 Å². The van der Waals surface area contributed by atoms with E-state index >= 15 is 0 Å². The molecule has 0 bridgehead atoms. The van der Waals surface area contributed by atoms with Gasteiger partial charge in [-0.2, -0.15) is 0 Å². The van der Waals surface area contributed by atoms with Crippen LogP contribution in [0.1, 0.15) is 421 Å². The quantitative estimate of drug-likeness (QED) is 0.0222. The van der Waals surface area contributed by atoms with Crippen LogP contribution < -0.4 is 0 Å². The van der Waals surface area contributed by atoms with Crippen molar-refractivity contribution >= 4 is 39.5 Å². The molecule has 0 aliphatic heterocycles. The number of aliphatic hydroxyl groups excluding tert-OH is 1. The number of esters is 4. The van der Waals surface area contributed by atoms with Crippen LogP contribution >= 0.6 is 15.6 Å². The molecule has 6 atom stereocenters. The Balaban J connectivity index is 5.26. The largest absolute Gasteiger partial charge is 0.472 e. The average molecular weight is 1470 g/mol. The maximum Gasteiger partial charge on any atom is 0.472 e. The summed E-state index contributed by atoms with van der Waals surface area (Å²) < 4.78 is 68.8. The van der Waals surface area contributed by atoms with Crippen molar-refractivity contribution in [2.75, 3.05) is 39.6 Å². The van der Waals surface area contributed by atoms with Gasteiger partial charge in [0.15, 0.2) is 12.2 Å². The second-order valence-corrected chi connectivity index (χ2v) is 33.3. The Kier molecular flexibility index (Phi) is 69.9. The third kappa shape index (κ3) is 73.0. The maximum atomic E-state index is 13.1. The molecule has 0 aromatic rings. The van der Waals surface area contributed by atoms with E-state index < -0.39 is 97.5 Å². The topological polar surface area (TPSA) is 237 Å². The van der Waals surface area contributed by atoms with Gasteiger partial charge in [0.05, 0.1) is 26.4 Å². The summed E-state index contributed by atoms with van der Waals surface area (Å²) in [6, 6.07) is 0. The lowest BCUT2D eigenvalue weighted by Gasteiger charge is -2.21. The molecule has 0 heterocycles. The Hall–Kier alpha value is -1.94. The van der Waals surface area contributed by atoms with Gasteiger partial charge in [-0.3, -0.25) is 37.3 Å². The summed E-state index contributed by atoms with van der Waals surface area (Å²) in [6.07, 6.45) is 59.4. The summed E-state index contributed by atoms with van der Waals surface area (Å²) in [6.45, 7) is 12.0. The second-order valence-electron chi connectivity index (χ2n) is 30.4. The number of hydrogen-bond acceptors (Lipinski definition) is 15. The van der Waals surface area contributed by atoms with Crippen LogP contribution in [0, 0.1) is 17.8 Å². The molecule has 0 aliphatic rings. The zero-order chi connectivity index (χ0) is 73.7. The van der Waals surface area contributed by atoms with Crippen LogP contribution in [0.2, 0.25) is 0 Å². The summed E-state index contributed by atoms with van der Waals surface area (Å²) in [5, 5.41) is 10.6. The zero-order valence-corrected chi connectivity index (χ0v) is 67.5. The molecule has 3 N–H and O–H groups in total. The van der Waals surface area contributed by atoms with Crippen molar-refractivity contribution in [1.82, 2.24) is 0 Å². The van der Waals surface area contributed by atoms with Crippen molar-refractivity contribution < 1.29 is 80.2 Å². The van der Waals surface area contributed by atoms with Crippen molar-refractivity contribution in [2.24, 2.45) is 17.8 Å². The van der Waals surface area contributed by atoms with E-state index in [1.54, 1.807) is 0 Å². The Labute approximate surface area is 613 Å². The lowest BCUT2D eigenvalue weighted by atomic mass is 9.99. The van der Waals surface area contributed by atoms with Gasteiger partial charge in [-0.05, 0) is 43.4 Å². The van der Waals surface area contributed by atoms with E-state index in [2.05, 4.69) is 48.5 Å². The highest BCUT2D eigenvalue weighted by Gasteiger charge is 2.30. The van der Waals surface area contributed by atoms with Crippen LogP contribution in [-0.4, -0.2) is 96.7 Å². The average Bonchev–Trinajstić information content (AvgIpc) is 0.931. The first-order valence-electron chi connectivity index (χ1n) is 41.9. The first kappa shape index (κ1) is 98.1. The summed E-state index contributed by atoms with van der Waals surface area (Å²) in [5.74, 6) is 0.274. The minimum absolute atomic E-state index is 0.107. The summed E-state index contributed by atoms with van der Waals surface area (Å²) in [5.41, 5.74) is 0. The maximum absolute atomic E-state index is 13.1. The molecule has 3 unspecified atom stereocenters. The first-order valence-corrected chi connectivity index (χ1v) is 44.9. The van der Waals surface area contributed by atoms with Gasteiger partial charge in [0.25, 0.3) is 0 Å². The molecule has 0 aromatic heterocycles. The number of rotatable bonds is 79. The number of phosphoric ester groups is 2. The van der Waals surface area contributed by atoms with Crippen LogP contribution in [0.15, 0.2) is 0 Å². The van der Waals surface area contributed by atoms with Crippen LogP contribution in [0.4, 0.5) is 0 Å². The van der Waals surface area contributed by atoms with Crippen LogP contribution in [-0.2, 0) is 65.4 Å². The predicted octanol–water partition coefficient (Wildman–Crippen LogP) is 24.1. The SMILES string of the molecule is CCCCCCCCCCCCCCCC(=O)OC[C@H](COP(=O)(O)OC[C@H](O)COP(=O)(O)OC[C@@H](COC(=O)CCCCCCCCCCCCCC(C)C)OC(=O)CCCCCCCCCCCCCCCCCCC(C)C)OC(=O)CCCCCCCCCCCCC(C)CC. The molecular weight excluding hydrogens is 1310 g/mol. The highest BCUT2D eigenvalue weighted by molar-refractivity contribution is 7.47. The minimum Gasteiger partial charge on any atom is -0.462 e. The number of carbonyl (C=O) groups is 4. The number of aliphatic hydroxyl groups is 1. The number of ether oxygens (including phenoxy) is 4. The van der Waals surface area contributed by atoms with Crippen molar-refractivity contribution in [3.05, 3.63) is 0 Å². The van der Waals surface area contributed by atoms with Gasteiger partial charge in [-0.1, -0.05) is 370 Å². The molecular formula is C81H158O17P2. The monoisotopic (exact) mass is 1470 g/mol. The van der Waals surface area contributed by atoms with Crippen LogP contribution in [0.25, 0.3) is 0 Å². The van der Waals surface area contributed by atoms with Crippen molar-refractivity contribution in [3.8, 4) is 0 Å². The predicted molar refractivity (Wildman–Crippen MR) is 409 cm³/mol. The minimum atomic E-state index is -4.96. The molecule has 0 radical (unpaired) electrons. The van der Waals surface area contributed by atoms with Gasteiger partial charge in [-0.15, -0.1) is 0 Å². The summed E-state index contributed by atoms with van der Waals surface area (Å²) in [4.78, 5) is 73.1. The highest BCUT2D eigenvalue weighted by Crippen LogP contribution is 2.45. The number of phosphoric acid groups is 2. The normalized spacial score (nSPS) is 14.2. The highest BCUT2D eigenvalue weighted by atomic mass is 31.2. The van der Waals surface area contributed by atoms with Crippen LogP contribution in [0.3, 0.4) is 0 Å². The first-order chi connectivity index (χ1) is 48.3. The molecule has 0 saturated heterocycles. The van der Waals surface area contributed by atoms with E-state index in [1.807, 2.05) is 0 Å². The number of carbonyl (C=O) groups excluding carboxylic acids is 4. The summed E-state index contributed by atoms with van der Waals surface area (Å²) >= 11 is 0. The Morgan fingerprint density at radius 1 is 0.290 bits per heavy atom. The molecule has 0 aromatic carbocycles. The molecule has 0 aliphatic carbocycles. The van der Waals surface area contributed by atoms with Gasteiger partial charge in [0.2, 0.25) is 0 Å². The smallest absolute Gasteiger partial charge is 0.462 e. The van der Waals surface area contributed by atoms with E-state index in [-0.39, 0.29) is 25.7 Å². The van der Waals surface area contributed by atoms with E-state index in [4.69, 9.17) is 37.0 Å². The van der Waals surface area contributed by atoms with Gasteiger partial charge >= 0.3 is 39.5 Å². The van der Waals surface area contributed by atoms with E-state index in [0.717, 1.165) is 108 Å².